The number of amides is 2. The Labute approximate surface area is 136 Å². The maximum Gasteiger partial charge on any atom is 0.321 e. The summed E-state index contributed by atoms with van der Waals surface area (Å²) in [7, 11) is 1.57. The molecule has 0 aliphatic rings. The minimum Gasteiger partial charge on any atom is -0.495 e. The summed E-state index contributed by atoms with van der Waals surface area (Å²) < 4.78 is 10.8. The monoisotopic (exact) mass is 314 g/mol. The van der Waals surface area contributed by atoms with E-state index in [2.05, 4.69) is 10.6 Å². The molecule has 0 bridgehead atoms. The Kier molecular flexibility index (Phi) is 5.46. The number of hydrogen-bond acceptors (Lipinski definition) is 3. The van der Waals surface area contributed by atoms with Crippen molar-refractivity contribution in [3.8, 4) is 11.5 Å². The fourth-order valence-corrected chi connectivity index (χ4v) is 2.15. The van der Waals surface area contributed by atoms with Crippen LogP contribution in [0, 0.1) is 20.8 Å². The number of methoxy groups -OCH3 is 1. The zero-order chi connectivity index (χ0) is 16.8. The highest BCUT2D eigenvalue weighted by Crippen LogP contribution is 2.25. The molecule has 0 unspecified atom stereocenters. The van der Waals surface area contributed by atoms with E-state index in [-0.39, 0.29) is 12.8 Å². The zero-order valence-corrected chi connectivity index (χ0v) is 13.9. The third-order valence-electron chi connectivity index (χ3n) is 3.62. The largest absolute Gasteiger partial charge is 0.495 e. The van der Waals surface area contributed by atoms with E-state index in [1.54, 1.807) is 7.11 Å². The maximum atomic E-state index is 12.0. The van der Waals surface area contributed by atoms with E-state index in [9.17, 15) is 4.79 Å². The fraction of sp³-hybridized carbons (Fsp3) is 0.278. The zero-order valence-electron chi connectivity index (χ0n) is 13.9. The van der Waals surface area contributed by atoms with Crippen LogP contribution in [-0.4, -0.2) is 19.9 Å². The van der Waals surface area contributed by atoms with Gasteiger partial charge in [0.15, 0.2) is 6.73 Å². The summed E-state index contributed by atoms with van der Waals surface area (Å²) in [5.74, 6) is 1.37. The average Bonchev–Trinajstić information content (AvgIpc) is 2.52. The van der Waals surface area contributed by atoms with Gasteiger partial charge in [0, 0.05) is 0 Å². The van der Waals surface area contributed by atoms with Crippen LogP contribution in [0.3, 0.4) is 0 Å². The Morgan fingerprint density at radius 1 is 1.09 bits per heavy atom. The van der Waals surface area contributed by atoms with Crippen molar-refractivity contribution in [3.63, 3.8) is 0 Å². The molecule has 5 heteroatoms. The van der Waals surface area contributed by atoms with Crippen molar-refractivity contribution in [2.24, 2.45) is 0 Å². The summed E-state index contributed by atoms with van der Waals surface area (Å²) in [5.41, 5.74) is 3.87. The molecule has 0 aliphatic carbocycles. The molecule has 122 valence electrons. The average molecular weight is 314 g/mol. The topological polar surface area (TPSA) is 59.6 Å². The number of hydrogen-bond donors (Lipinski definition) is 2. The summed E-state index contributed by atoms with van der Waals surface area (Å²) in [6.07, 6.45) is 0. The molecule has 0 spiro atoms. The quantitative estimate of drug-likeness (QED) is 0.826. The van der Waals surface area contributed by atoms with Crippen LogP contribution in [0.15, 0.2) is 36.4 Å². The normalized spacial score (nSPS) is 10.1. The highest BCUT2D eigenvalue weighted by Gasteiger charge is 2.08. The lowest BCUT2D eigenvalue weighted by molar-refractivity contribution is 0.234. The Morgan fingerprint density at radius 2 is 1.87 bits per heavy atom. The van der Waals surface area contributed by atoms with Crippen LogP contribution < -0.4 is 20.1 Å². The van der Waals surface area contributed by atoms with E-state index in [4.69, 9.17) is 9.47 Å². The van der Waals surface area contributed by atoms with Crippen LogP contribution in [0.4, 0.5) is 10.5 Å². The molecule has 0 saturated carbocycles. The molecule has 0 heterocycles. The van der Waals surface area contributed by atoms with Crippen LogP contribution in [0.5, 0.6) is 11.5 Å². The first-order valence-corrected chi connectivity index (χ1v) is 7.39. The van der Waals surface area contributed by atoms with Crippen molar-refractivity contribution in [2.75, 3.05) is 19.2 Å². The van der Waals surface area contributed by atoms with Gasteiger partial charge in [0.2, 0.25) is 0 Å². The minimum atomic E-state index is -0.348. The number of carbonyl (C=O) groups excluding carboxylic acids is 1. The molecule has 2 N–H and O–H groups in total. The first-order valence-electron chi connectivity index (χ1n) is 7.39. The number of urea groups is 1. The lowest BCUT2D eigenvalue weighted by Gasteiger charge is -2.14. The Bertz CT molecular complexity index is 699. The molecule has 2 rings (SSSR count). The van der Waals surface area contributed by atoms with Gasteiger partial charge in [0.1, 0.15) is 11.5 Å². The van der Waals surface area contributed by atoms with E-state index >= 15 is 0 Å². The molecule has 0 aromatic heterocycles. The summed E-state index contributed by atoms with van der Waals surface area (Å²) >= 11 is 0. The number of rotatable bonds is 5. The van der Waals surface area contributed by atoms with Crippen LogP contribution >= 0.6 is 0 Å². The van der Waals surface area contributed by atoms with Gasteiger partial charge in [0.25, 0.3) is 0 Å². The van der Waals surface area contributed by atoms with E-state index in [1.807, 2.05) is 57.2 Å². The van der Waals surface area contributed by atoms with E-state index in [0.717, 1.165) is 22.4 Å². The van der Waals surface area contributed by atoms with E-state index in [0.29, 0.717) is 11.4 Å². The van der Waals surface area contributed by atoms with Gasteiger partial charge < -0.3 is 20.1 Å². The number of nitrogens with one attached hydrogen (secondary N) is 2. The number of ether oxygens (including phenoxy) is 2. The summed E-state index contributed by atoms with van der Waals surface area (Å²) in [4.78, 5) is 12.0. The van der Waals surface area contributed by atoms with Gasteiger partial charge in [-0.25, -0.2) is 4.79 Å². The second-order valence-corrected chi connectivity index (χ2v) is 5.32. The van der Waals surface area contributed by atoms with Gasteiger partial charge in [0.05, 0.1) is 12.8 Å². The molecule has 0 atom stereocenters. The Balaban J connectivity index is 1.91. The van der Waals surface area contributed by atoms with Crippen molar-refractivity contribution in [2.45, 2.75) is 20.8 Å². The molecule has 0 fully saturated rings. The molecule has 2 amide bonds. The highest BCUT2D eigenvalue weighted by molar-refractivity contribution is 5.91. The van der Waals surface area contributed by atoms with Gasteiger partial charge in [-0.2, -0.15) is 0 Å². The molecule has 0 saturated heterocycles. The van der Waals surface area contributed by atoms with Crippen molar-refractivity contribution in [3.05, 3.63) is 53.1 Å². The molecule has 2 aromatic carbocycles. The summed E-state index contributed by atoms with van der Waals surface area (Å²) in [6, 6.07) is 11.1. The lowest BCUT2D eigenvalue weighted by Crippen LogP contribution is -2.32. The number of anilines is 1. The molecule has 0 radical (unpaired) electrons. The number of benzene rings is 2. The summed E-state index contributed by atoms with van der Waals surface area (Å²) in [5, 5.41) is 5.43. The van der Waals surface area contributed by atoms with Crippen molar-refractivity contribution >= 4 is 11.7 Å². The smallest absolute Gasteiger partial charge is 0.321 e. The Hall–Kier alpha value is -2.69. The molecule has 0 aliphatic heterocycles. The maximum absolute atomic E-state index is 12.0. The third-order valence-corrected chi connectivity index (χ3v) is 3.62. The third kappa shape index (κ3) is 4.39. The molecule has 2 aromatic rings. The predicted octanol–water partition coefficient (Wildman–Crippen LogP) is 3.78. The van der Waals surface area contributed by atoms with Crippen LogP contribution in [0.2, 0.25) is 0 Å². The van der Waals surface area contributed by atoms with Gasteiger partial charge in [-0.15, -0.1) is 0 Å². The molecule has 23 heavy (non-hydrogen) atoms. The summed E-state index contributed by atoms with van der Waals surface area (Å²) in [6.45, 7) is 6.05. The van der Waals surface area contributed by atoms with Crippen molar-refractivity contribution in [1.82, 2.24) is 5.32 Å². The fourth-order valence-electron chi connectivity index (χ4n) is 2.15. The minimum absolute atomic E-state index is 0.0876. The van der Waals surface area contributed by atoms with Gasteiger partial charge in [-0.1, -0.05) is 18.2 Å². The molecular weight excluding hydrogens is 292 g/mol. The highest BCUT2D eigenvalue weighted by atomic mass is 16.5. The molecule has 5 nitrogen and oxygen atoms in total. The van der Waals surface area contributed by atoms with E-state index < -0.39 is 0 Å². The van der Waals surface area contributed by atoms with Gasteiger partial charge >= 0.3 is 6.03 Å². The van der Waals surface area contributed by atoms with Crippen LogP contribution in [0.25, 0.3) is 0 Å². The first kappa shape index (κ1) is 16.7. The second-order valence-electron chi connectivity index (χ2n) is 5.32. The second kappa shape index (κ2) is 7.54. The van der Waals surface area contributed by atoms with E-state index in [1.165, 1.54) is 0 Å². The van der Waals surface area contributed by atoms with Crippen molar-refractivity contribution < 1.29 is 14.3 Å². The van der Waals surface area contributed by atoms with Gasteiger partial charge in [-0.05, 0) is 55.7 Å². The van der Waals surface area contributed by atoms with Crippen LogP contribution in [0.1, 0.15) is 16.7 Å². The SMILES string of the molecule is COc1ccc(C)cc1NC(=O)NCOc1cccc(C)c1C. The first-order chi connectivity index (χ1) is 11.0. The molecular formula is C18H22N2O3. The number of carbonyl (C=O) groups is 1. The lowest BCUT2D eigenvalue weighted by atomic mass is 10.1. The predicted molar refractivity (Wildman–Crippen MR) is 91.3 cm³/mol. The van der Waals surface area contributed by atoms with Crippen molar-refractivity contribution in [1.29, 1.82) is 0 Å². The van der Waals surface area contributed by atoms with Gasteiger partial charge in [-0.3, -0.25) is 0 Å². The Morgan fingerprint density at radius 3 is 2.61 bits per heavy atom. The number of aryl methyl sites for hydroxylation is 2. The standard InChI is InChI=1S/C18H22N2O3/c1-12-8-9-17(22-4)15(10-12)20-18(21)19-11-23-16-7-5-6-13(2)14(16)3/h5-10H,11H2,1-4H3,(H2,19,20,21). The van der Waals surface area contributed by atoms with Crippen LogP contribution in [-0.2, 0) is 0 Å².